The van der Waals surface area contributed by atoms with Crippen molar-refractivity contribution in [3.8, 4) is 0 Å². The molecule has 0 aliphatic carbocycles. The van der Waals surface area contributed by atoms with E-state index in [0.717, 1.165) is 5.56 Å². The summed E-state index contributed by atoms with van der Waals surface area (Å²) in [5.41, 5.74) is 0.424. The quantitative estimate of drug-likeness (QED) is 0.373. The molecule has 0 spiro atoms. The molecule has 0 aliphatic rings. The van der Waals surface area contributed by atoms with Gasteiger partial charge in [-0.05, 0) is 23.8 Å². The Morgan fingerprint density at radius 2 is 1.71 bits per heavy atom. The fraction of sp³-hybridized carbons (Fsp3) is 0.0455. The standard InChI is InChI=1S/C22H15ClN4O4/c23-18-11-10-15(12-19(18)27(30)31)24-21(28)20-16-8-4-5-9-17(16)22(29)26(25-20)13-14-6-2-1-3-7-14/h1-12H,13H2,(H,24,28). The predicted molar refractivity (Wildman–Crippen MR) is 118 cm³/mol. The van der Waals surface area contributed by atoms with Gasteiger partial charge >= 0.3 is 0 Å². The number of hydrogen-bond acceptors (Lipinski definition) is 5. The molecule has 0 saturated heterocycles. The van der Waals surface area contributed by atoms with Gasteiger partial charge in [0.05, 0.1) is 16.9 Å². The average molecular weight is 435 g/mol. The van der Waals surface area contributed by atoms with Gasteiger partial charge in [-0.3, -0.25) is 19.7 Å². The summed E-state index contributed by atoms with van der Waals surface area (Å²) in [5.74, 6) is -0.602. The third-order valence-corrected chi connectivity index (χ3v) is 4.98. The van der Waals surface area contributed by atoms with Gasteiger partial charge in [0.1, 0.15) is 5.02 Å². The molecule has 0 aliphatic heterocycles. The molecule has 0 atom stereocenters. The number of nitro groups is 1. The van der Waals surface area contributed by atoms with Gasteiger partial charge in [0.2, 0.25) is 0 Å². The SMILES string of the molecule is O=C(Nc1ccc(Cl)c([N+](=O)[O-])c1)c1nn(Cc2ccccc2)c(=O)c2ccccc12. The third-order valence-electron chi connectivity index (χ3n) is 4.66. The van der Waals surface area contributed by atoms with Crippen molar-refractivity contribution in [2.75, 3.05) is 5.32 Å². The Hall–Kier alpha value is -4.04. The number of aromatic nitrogens is 2. The lowest BCUT2D eigenvalue weighted by Crippen LogP contribution is -2.28. The molecule has 154 valence electrons. The van der Waals surface area contributed by atoms with E-state index in [9.17, 15) is 19.7 Å². The van der Waals surface area contributed by atoms with Crippen LogP contribution < -0.4 is 10.9 Å². The third kappa shape index (κ3) is 4.15. The average Bonchev–Trinajstić information content (AvgIpc) is 2.77. The first-order valence-electron chi connectivity index (χ1n) is 9.23. The Morgan fingerprint density at radius 1 is 1.03 bits per heavy atom. The first-order valence-corrected chi connectivity index (χ1v) is 9.61. The molecule has 9 heteroatoms. The summed E-state index contributed by atoms with van der Waals surface area (Å²) in [7, 11) is 0. The van der Waals surface area contributed by atoms with Crippen LogP contribution in [-0.2, 0) is 6.54 Å². The van der Waals surface area contributed by atoms with E-state index in [4.69, 9.17) is 11.6 Å². The predicted octanol–water partition coefficient (Wildman–Crippen LogP) is 4.26. The lowest BCUT2D eigenvalue weighted by molar-refractivity contribution is -0.384. The van der Waals surface area contributed by atoms with E-state index in [2.05, 4.69) is 10.4 Å². The number of anilines is 1. The smallest absolute Gasteiger partial charge is 0.289 e. The number of amides is 1. The Bertz CT molecular complexity index is 1370. The molecule has 8 nitrogen and oxygen atoms in total. The van der Waals surface area contributed by atoms with Crippen LogP contribution in [0.3, 0.4) is 0 Å². The number of carbonyl (C=O) groups excluding carboxylic acids is 1. The van der Waals surface area contributed by atoms with Gasteiger partial charge < -0.3 is 5.32 Å². The first-order chi connectivity index (χ1) is 14.9. The zero-order chi connectivity index (χ0) is 22.0. The zero-order valence-electron chi connectivity index (χ0n) is 16.0. The molecule has 4 rings (SSSR count). The maximum atomic E-state index is 13.0. The molecule has 1 amide bonds. The molecule has 1 heterocycles. The summed E-state index contributed by atoms with van der Waals surface area (Å²) in [6.07, 6.45) is 0. The molecule has 0 unspecified atom stereocenters. The number of nitro benzene ring substituents is 1. The van der Waals surface area contributed by atoms with Crippen LogP contribution in [0.4, 0.5) is 11.4 Å². The van der Waals surface area contributed by atoms with Crippen LogP contribution >= 0.6 is 11.6 Å². The lowest BCUT2D eigenvalue weighted by Gasteiger charge is -2.11. The van der Waals surface area contributed by atoms with E-state index in [-0.39, 0.29) is 34.2 Å². The first kappa shape index (κ1) is 20.2. The summed E-state index contributed by atoms with van der Waals surface area (Å²) in [5, 5.41) is 18.7. The summed E-state index contributed by atoms with van der Waals surface area (Å²) in [6, 6.07) is 19.9. The van der Waals surface area contributed by atoms with Crippen molar-refractivity contribution in [3.63, 3.8) is 0 Å². The van der Waals surface area contributed by atoms with Crippen molar-refractivity contribution in [2.45, 2.75) is 6.54 Å². The maximum Gasteiger partial charge on any atom is 0.289 e. The highest BCUT2D eigenvalue weighted by Gasteiger charge is 2.19. The molecule has 31 heavy (non-hydrogen) atoms. The number of benzene rings is 3. The second-order valence-electron chi connectivity index (χ2n) is 6.72. The summed E-state index contributed by atoms with van der Waals surface area (Å²) in [6.45, 7) is 0.192. The number of nitrogens with one attached hydrogen (secondary N) is 1. The topological polar surface area (TPSA) is 107 Å². The number of halogens is 1. The molecule has 0 saturated carbocycles. The highest BCUT2D eigenvalue weighted by molar-refractivity contribution is 6.32. The Labute approximate surface area is 180 Å². The molecule has 3 aromatic carbocycles. The largest absolute Gasteiger partial charge is 0.320 e. The van der Waals surface area contributed by atoms with E-state index in [1.54, 1.807) is 24.3 Å². The van der Waals surface area contributed by atoms with Gasteiger partial charge in [-0.25, -0.2) is 4.68 Å². The van der Waals surface area contributed by atoms with Gasteiger partial charge in [-0.1, -0.05) is 60.1 Å². The minimum atomic E-state index is -0.633. The fourth-order valence-electron chi connectivity index (χ4n) is 3.19. The van der Waals surface area contributed by atoms with Gasteiger partial charge in [-0.2, -0.15) is 5.10 Å². The van der Waals surface area contributed by atoms with Crippen LogP contribution in [0, 0.1) is 10.1 Å². The number of fused-ring (bicyclic) bond motifs is 1. The number of carbonyl (C=O) groups is 1. The van der Waals surface area contributed by atoms with Crippen molar-refractivity contribution in [2.24, 2.45) is 0 Å². The normalized spacial score (nSPS) is 10.7. The van der Waals surface area contributed by atoms with Crippen molar-refractivity contribution < 1.29 is 9.72 Å². The fourth-order valence-corrected chi connectivity index (χ4v) is 3.37. The van der Waals surface area contributed by atoms with E-state index in [1.807, 2.05) is 30.3 Å². The number of rotatable bonds is 5. The zero-order valence-corrected chi connectivity index (χ0v) is 16.7. The van der Waals surface area contributed by atoms with Crippen molar-refractivity contribution in [1.29, 1.82) is 0 Å². The summed E-state index contributed by atoms with van der Waals surface area (Å²) >= 11 is 5.83. The van der Waals surface area contributed by atoms with Gasteiger partial charge in [-0.15, -0.1) is 0 Å². The van der Waals surface area contributed by atoms with Crippen LogP contribution in [0.5, 0.6) is 0 Å². The maximum absolute atomic E-state index is 13.0. The van der Waals surface area contributed by atoms with Gasteiger partial charge in [0.25, 0.3) is 17.2 Å². The highest BCUT2D eigenvalue weighted by Crippen LogP contribution is 2.27. The Kier molecular flexibility index (Phi) is 5.46. The van der Waals surface area contributed by atoms with E-state index in [0.29, 0.717) is 10.8 Å². The number of nitrogens with zero attached hydrogens (tertiary/aromatic N) is 3. The Morgan fingerprint density at radius 3 is 2.42 bits per heavy atom. The van der Waals surface area contributed by atoms with Crippen molar-refractivity contribution in [1.82, 2.24) is 9.78 Å². The van der Waals surface area contributed by atoms with Crippen LogP contribution in [-0.4, -0.2) is 20.6 Å². The van der Waals surface area contributed by atoms with Gasteiger partial charge in [0.15, 0.2) is 5.69 Å². The highest BCUT2D eigenvalue weighted by atomic mass is 35.5. The number of hydrogen-bond donors (Lipinski definition) is 1. The molecule has 4 aromatic rings. The molecule has 1 N–H and O–H groups in total. The van der Waals surface area contributed by atoms with Gasteiger partial charge in [0, 0.05) is 17.1 Å². The molecule has 0 bridgehead atoms. The minimum absolute atomic E-state index is 0.0312. The monoisotopic (exact) mass is 434 g/mol. The second-order valence-corrected chi connectivity index (χ2v) is 7.13. The van der Waals surface area contributed by atoms with Crippen LogP contribution in [0.2, 0.25) is 5.02 Å². The summed E-state index contributed by atoms with van der Waals surface area (Å²) < 4.78 is 1.23. The molecule has 1 aromatic heterocycles. The molecule has 0 fully saturated rings. The molecule has 0 radical (unpaired) electrons. The second kappa shape index (κ2) is 8.37. The van der Waals surface area contributed by atoms with E-state index < -0.39 is 10.8 Å². The van der Waals surface area contributed by atoms with Crippen molar-refractivity contribution in [3.05, 3.63) is 110 Å². The van der Waals surface area contributed by atoms with E-state index in [1.165, 1.54) is 22.9 Å². The van der Waals surface area contributed by atoms with Crippen LogP contribution in [0.15, 0.2) is 77.6 Å². The van der Waals surface area contributed by atoms with Crippen LogP contribution in [0.1, 0.15) is 16.1 Å². The minimum Gasteiger partial charge on any atom is -0.320 e. The molecular formula is C22H15ClN4O4. The lowest BCUT2D eigenvalue weighted by atomic mass is 10.1. The van der Waals surface area contributed by atoms with Crippen LogP contribution in [0.25, 0.3) is 10.8 Å². The van der Waals surface area contributed by atoms with Crippen molar-refractivity contribution >= 4 is 39.7 Å². The molecular weight excluding hydrogens is 420 g/mol. The summed E-state index contributed by atoms with van der Waals surface area (Å²) in [4.78, 5) is 36.4. The van der Waals surface area contributed by atoms with E-state index >= 15 is 0 Å². The Balaban J connectivity index is 1.77.